The van der Waals surface area contributed by atoms with Crippen molar-refractivity contribution in [1.82, 2.24) is 0 Å². The van der Waals surface area contributed by atoms with E-state index in [4.69, 9.17) is 9.47 Å². The Morgan fingerprint density at radius 1 is 0.583 bits per heavy atom. The van der Waals surface area contributed by atoms with Gasteiger partial charge >= 0.3 is 27.4 Å². The summed E-state index contributed by atoms with van der Waals surface area (Å²) in [5.74, 6) is 1.48. The van der Waals surface area contributed by atoms with Crippen molar-refractivity contribution in [2.75, 3.05) is 0 Å². The van der Waals surface area contributed by atoms with Crippen LogP contribution in [-0.4, -0.2) is 0 Å². The number of halogens is 4. The minimum atomic E-state index is -4.36. The van der Waals surface area contributed by atoms with E-state index in [0.29, 0.717) is 23.5 Å². The summed E-state index contributed by atoms with van der Waals surface area (Å²) in [6.45, 7) is 6.46. The van der Waals surface area contributed by atoms with Gasteiger partial charge in [0.25, 0.3) is 0 Å². The van der Waals surface area contributed by atoms with Gasteiger partial charge in [-0.05, 0) is 92.6 Å². The first-order valence-corrected chi connectivity index (χ1v) is 13.7. The SMILES string of the molecule is Cc1cc(C)cc(COc2ccc([I+]c3ccc(OCc4cc(C)cc(C(F)(F)F)c4)cc3)cc2)c1. The van der Waals surface area contributed by atoms with Crippen LogP contribution in [0.1, 0.15) is 33.4 Å². The third-order valence-corrected chi connectivity index (χ3v) is 8.09. The van der Waals surface area contributed by atoms with Gasteiger partial charge in [-0.3, -0.25) is 0 Å². The van der Waals surface area contributed by atoms with E-state index in [-0.39, 0.29) is 27.8 Å². The molecule has 4 rings (SSSR count). The molecule has 0 aliphatic carbocycles. The Hall–Kier alpha value is -3.00. The predicted molar refractivity (Wildman–Crippen MR) is 131 cm³/mol. The molecule has 0 atom stereocenters. The van der Waals surface area contributed by atoms with Gasteiger partial charge in [0.2, 0.25) is 0 Å². The van der Waals surface area contributed by atoms with Crippen molar-refractivity contribution in [3.63, 3.8) is 0 Å². The lowest BCUT2D eigenvalue weighted by molar-refractivity contribution is -0.597. The Morgan fingerprint density at radius 3 is 1.44 bits per heavy atom. The van der Waals surface area contributed by atoms with E-state index < -0.39 is 11.7 Å². The molecule has 186 valence electrons. The van der Waals surface area contributed by atoms with Gasteiger partial charge in [0, 0.05) is 0 Å². The molecule has 4 aromatic rings. The van der Waals surface area contributed by atoms with Crippen LogP contribution in [0.15, 0.2) is 84.9 Å². The molecular formula is C30H27F3IO2+. The fourth-order valence-corrected chi connectivity index (χ4v) is 6.07. The summed E-state index contributed by atoms with van der Waals surface area (Å²) in [6.07, 6.45) is -4.36. The van der Waals surface area contributed by atoms with Gasteiger partial charge < -0.3 is 9.47 Å². The molecule has 0 aromatic heterocycles. The van der Waals surface area contributed by atoms with Crippen LogP contribution in [-0.2, 0) is 19.4 Å². The van der Waals surface area contributed by atoms with Crippen molar-refractivity contribution in [3.05, 3.63) is 125 Å². The number of rotatable bonds is 8. The van der Waals surface area contributed by atoms with Gasteiger partial charge in [-0.25, -0.2) is 0 Å². The summed E-state index contributed by atoms with van der Waals surface area (Å²) in [4.78, 5) is 0. The van der Waals surface area contributed by atoms with Gasteiger partial charge in [0.15, 0.2) is 7.14 Å². The zero-order valence-corrected chi connectivity index (χ0v) is 22.5. The van der Waals surface area contributed by atoms with Gasteiger partial charge in [0.05, 0.1) is 5.56 Å². The van der Waals surface area contributed by atoms with Crippen molar-refractivity contribution >= 4 is 0 Å². The molecule has 0 unspecified atom stereocenters. The lowest BCUT2D eigenvalue weighted by atomic mass is 10.1. The Kier molecular flexibility index (Phi) is 8.24. The van der Waals surface area contributed by atoms with Crippen LogP contribution in [0.2, 0.25) is 0 Å². The molecule has 0 N–H and O–H groups in total. The monoisotopic (exact) mass is 603 g/mol. The zero-order valence-electron chi connectivity index (χ0n) is 20.3. The number of ether oxygens (including phenoxy) is 2. The molecule has 2 nitrogen and oxygen atoms in total. The molecule has 0 bridgehead atoms. The maximum Gasteiger partial charge on any atom is 0.416 e. The summed E-state index contributed by atoms with van der Waals surface area (Å²) in [5, 5.41) is 0. The van der Waals surface area contributed by atoms with E-state index >= 15 is 0 Å². The number of hydrogen-bond donors (Lipinski definition) is 0. The predicted octanol–water partition coefficient (Wildman–Crippen LogP) is 4.92. The highest BCUT2D eigenvalue weighted by Crippen LogP contribution is 2.30. The van der Waals surface area contributed by atoms with Gasteiger partial charge in [-0.1, -0.05) is 41.0 Å². The first-order chi connectivity index (χ1) is 17.1. The Balaban J connectivity index is 1.30. The van der Waals surface area contributed by atoms with Crippen molar-refractivity contribution in [2.45, 2.75) is 40.2 Å². The molecule has 4 aromatic carbocycles. The lowest BCUT2D eigenvalue weighted by Crippen LogP contribution is -3.61. The standard InChI is InChI=1S/C30H27F3IO2/c1-20-12-21(2)14-23(13-20)18-35-28-8-4-26(5-9-28)34-27-6-10-29(11-7-27)36-19-24-15-22(3)16-25(17-24)30(31,32)33/h4-17H,18-19H2,1-3H3/q+1. The maximum atomic E-state index is 13.0. The Morgan fingerprint density at radius 2 is 1.00 bits per heavy atom. The molecule has 0 radical (unpaired) electrons. The highest BCUT2D eigenvalue weighted by atomic mass is 127. The average molecular weight is 603 g/mol. The molecule has 0 aliphatic heterocycles. The smallest absolute Gasteiger partial charge is 0.416 e. The van der Waals surface area contributed by atoms with E-state index in [2.05, 4.69) is 44.2 Å². The number of hydrogen-bond acceptors (Lipinski definition) is 2. The van der Waals surface area contributed by atoms with Gasteiger partial charge in [-0.2, -0.15) is 13.2 Å². The quantitative estimate of drug-likeness (QED) is 0.267. The second-order valence-corrected chi connectivity index (χ2v) is 11.8. The number of alkyl halides is 3. The summed E-state index contributed by atoms with van der Waals surface area (Å²) in [6, 6.07) is 26.4. The first kappa shape index (κ1) is 26.1. The van der Waals surface area contributed by atoms with E-state index in [1.807, 2.05) is 36.4 Å². The van der Waals surface area contributed by atoms with Gasteiger partial charge in [-0.15, -0.1) is 0 Å². The van der Waals surface area contributed by atoms with Crippen LogP contribution in [0, 0.1) is 27.9 Å². The maximum absolute atomic E-state index is 13.0. The summed E-state index contributed by atoms with van der Waals surface area (Å²) < 4.78 is 53.3. The third kappa shape index (κ3) is 7.50. The van der Waals surface area contributed by atoms with Crippen LogP contribution in [0.25, 0.3) is 0 Å². The van der Waals surface area contributed by atoms with Crippen molar-refractivity contribution in [3.8, 4) is 11.5 Å². The van der Waals surface area contributed by atoms with Crippen molar-refractivity contribution < 1.29 is 43.9 Å². The normalized spacial score (nSPS) is 11.4. The number of benzene rings is 4. The lowest BCUT2D eigenvalue weighted by Gasteiger charge is -2.11. The molecule has 0 saturated carbocycles. The molecule has 0 amide bonds. The van der Waals surface area contributed by atoms with Crippen LogP contribution in [0.3, 0.4) is 0 Å². The molecule has 0 spiro atoms. The summed E-state index contributed by atoms with van der Waals surface area (Å²) in [5.41, 5.74) is 4.04. The summed E-state index contributed by atoms with van der Waals surface area (Å²) >= 11 is -0.373. The second-order valence-electron chi connectivity index (χ2n) is 8.78. The van der Waals surface area contributed by atoms with E-state index in [0.717, 1.165) is 23.4 Å². The highest BCUT2D eigenvalue weighted by molar-refractivity contribution is 5.32. The van der Waals surface area contributed by atoms with Crippen LogP contribution < -0.4 is 30.7 Å². The topological polar surface area (TPSA) is 18.5 Å². The zero-order chi connectivity index (χ0) is 25.7. The number of aryl methyl sites for hydroxylation is 3. The van der Waals surface area contributed by atoms with E-state index in [9.17, 15) is 13.2 Å². The van der Waals surface area contributed by atoms with E-state index in [1.165, 1.54) is 18.3 Å². The summed E-state index contributed by atoms with van der Waals surface area (Å²) in [7, 11) is 0. The Labute approximate surface area is 220 Å². The van der Waals surface area contributed by atoms with Crippen molar-refractivity contribution in [2.24, 2.45) is 0 Å². The minimum Gasteiger partial charge on any atom is -0.489 e. The molecule has 0 fully saturated rings. The van der Waals surface area contributed by atoms with Crippen LogP contribution in [0.4, 0.5) is 13.2 Å². The molecule has 0 saturated heterocycles. The molecule has 0 aliphatic rings. The van der Waals surface area contributed by atoms with Crippen molar-refractivity contribution in [1.29, 1.82) is 0 Å². The molecular weight excluding hydrogens is 576 g/mol. The Bertz CT molecular complexity index is 1290. The minimum absolute atomic E-state index is 0.0861. The average Bonchev–Trinajstić information content (AvgIpc) is 2.82. The third-order valence-electron chi connectivity index (χ3n) is 5.40. The van der Waals surface area contributed by atoms with Crippen LogP contribution >= 0.6 is 0 Å². The largest absolute Gasteiger partial charge is 0.489 e. The fraction of sp³-hybridized carbons (Fsp3) is 0.200. The molecule has 36 heavy (non-hydrogen) atoms. The second kappa shape index (κ2) is 11.4. The highest BCUT2D eigenvalue weighted by Gasteiger charge is 2.30. The van der Waals surface area contributed by atoms with Crippen LogP contribution in [0.5, 0.6) is 11.5 Å². The fourth-order valence-electron chi connectivity index (χ4n) is 3.91. The van der Waals surface area contributed by atoms with E-state index in [1.54, 1.807) is 13.0 Å². The molecule has 6 heteroatoms. The molecule has 0 heterocycles. The van der Waals surface area contributed by atoms with Gasteiger partial charge in [0.1, 0.15) is 24.7 Å². The first-order valence-electron chi connectivity index (χ1n) is 11.5.